The molecule has 0 aromatic rings. The van der Waals surface area contributed by atoms with E-state index < -0.39 is 0 Å². The largest absolute Gasteiger partial charge is 0.327 e. The summed E-state index contributed by atoms with van der Waals surface area (Å²) in [5.41, 5.74) is 0.615. The molecular weight excluding hydrogens is 132 g/mol. The van der Waals surface area contributed by atoms with Gasteiger partial charge in [0.25, 0.3) is 0 Å². The number of rotatable bonds is 4. The van der Waals surface area contributed by atoms with E-state index >= 15 is 0 Å². The van der Waals surface area contributed by atoms with Gasteiger partial charge in [-0.05, 0) is 5.92 Å². The monoisotopic (exact) mass is 153 g/mol. The van der Waals surface area contributed by atoms with Gasteiger partial charge in [0, 0.05) is 0 Å². The molecule has 66 valence electrons. The van der Waals surface area contributed by atoms with Gasteiger partial charge >= 0.3 is 0 Å². The zero-order valence-corrected chi connectivity index (χ0v) is 8.35. The maximum absolute atomic E-state index is 2.46. The Kier molecular flexibility index (Phi) is 2.61. The van der Waals surface area contributed by atoms with Crippen LogP contribution >= 0.6 is 0 Å². The lowest BCUT2D eigenvalue weighted by Gasteiger charge is -2.27. The van der Waals surface area contributed by atoms with Crippen molar-refractivity contribution in [2.45, 2.75) is 47.0 Å². The molecule has 0 saturated heterocycles. The van der Waals surface area contributed by atoms with Gasteiger partial charge in [0.2, 0.25) is 0 Å². The molecule has 0 heteroatoms. The van der Waals surface area contributed by atoms with Crippen molar-refractivity contribution in [2.24, 2.45) is 17.3 Å². The zero-order chi connectivity index (χ0) is 8.48. The smallest absolute Gasteiger partial charge is 0.0444 e. The van der Waals surface area contributed by atoms with Crippen LogP contribution in [-0.2, 0) is 0 Å². The van der Waals surface area contributed by atoms with Gasteiger partial charge in [-0.2, -0.15) is 5.41 Å². The minimum atomic E-state index is 0.615. The van der Waals surface area contributed by atoms with Crippen LogP contribution in [0.4, 0.5) is 0 Å². The first-order chi connectivity index (χ1) is 5.08. The van der Waals surface area contributed by atoms with Crippen LogP contribution in [0, 0.1) is 23.7 Å². The topological polar surface area (TPSA) is 0 Å². The van der Waals surface area contributed by atoms with Gasteiger partial charge in [0.05, 0.1) is 0 Å². The van der Waals surface area contributed by atoms with E-state index in [9.17, 15) is 0 Å². The van der Waals surface area contributed by atoms with Crippen LogP contribution in [0.3, 0.4) is 0 Å². The van der Waals surface area contributed by atoms with Gasteiger partial charge in [-0.15, -0.1) is 0 Å². The fourth-order valence-electron chi connectivity index (χ4n) is 1.60. The fourth-order valence-corrected chi connectivity index (χ4v) is 1.60. The first-order valence-corrected chi connectivity index (χ1v) is 4.93. The van der Waals surface area contributed by atoms with Crippen LogP contribution in [0.5, 0.6) is 0 Å². The summed E-state index contributed by atoms with van der Waals surface area (Å²) in [5.74, 6) is 1.81. The summed E-state index contributed by atoms with van der Waals surface area (Å²) in [6, 6.07) is 0. The van der Waals surface area contributed by atoms with E-state index in [1.165, 1.54) is 19.3 Å². The standard InChI is InChI=1S/C11H21/c1-5-9(2)8-10(3)11(4)6-7-11/h6,9-10H,5,7-8H2,1-4H3/q-1. The Bertz CT molecular complexity index is 122. The van der Waals surface area contributed by atoms with Crippen molar-refractivity contribution in [3.05, 3.63) is 6.42 Å². The Morgan fingerprint density at radius 2 is 2.00 bits per heavy atom. The summed E-state index contributed by atoms with van der Waals surface area (Å²) in [7, 11) is 0. The summed E-state index contributed by atoms with van der Waals surface area (Å²) < 4.78 is 0. The lowest BCUT2D eigenvalue weighted by atomic mass is 9.84. The highest BCUT2D eigenvalue weighted by Crippen LogP contribution is 2.52. The average molecular weight is 153 g/mol. The first kappa shape index (κ1) is 9.09. The summed E-state index contributed by atoms with van der Waals surface area (Å²) in [6.07, 6.45) is 6.55. The van der Waals surface area contributed by atoms with Crippen molar-refractivity contribution < 1.29 is 0 Å². The van der Waals surface area contributed by atoms with Crippen molar-refractivity contribution in [1.82, 2.24) is 0 Å². The molecule has 1 fully saturated rings. The van der Waals surface area contributed by atoms with E-state index in [1.807, 2.05) is 0 Å². The lowest BCUT2D eigenvalue weighted by Crippen LogP contribution is -2.12. The molecule has 1 saturated carbocycles. The summed E-state index contributed by atoms with van der Waals surface area (Å²) in [5, 5.41) is 0. The van der Waals surface area contributed by atoms with Gasteiger partial charge in [0.15, 0.2) is 0 Å². The van der Waals surface area contributed by atoms with Gasteiger partial charge in [-0.1, -0.05) is 46.5 Å². The molecule has 0 radical (unpaired) electrons. The Balaban J connectivity index is 2.25. The van der Waals surface area contributed by atoms with Crippen molar-refractivity contribution in [1.29, 1.82) is 0 Å². The van der Waals surface area contributed by atoms with E-state index in [0.717, 1.165) is 11.8 Å². The maximum Gasteiger partial charge on any atom is -0.0444 e. The van der Waals surface area contributed by atoms with Crippen LogP contribution in [0.1, 0.15) is 47.0 Å². The predicted molar refractivity (Wildman–Crippen MR) is 50.3 cm³/mol. The molecule has 0 bridgehead atoms. The van der Waals surface area contributed by atoms with Crippen molar-refractivity contribution in [3.63, 3.8) is 0 Å². The van der Waals surface area contributed by atoms with Gasteiger partial charge in [0.1, 0.15) is 0 Å². The molecule has 0 nitrogen and oxygen atoms in total. The Morgan fingerprint density at radius 3 is 2.36 bits per heavy atom. The predicted octanol–water partition coefficient (Wildman–Crippen LogP) is 3.67. The molecule has 0 aliphatic heterocycles. The highest BCUT2D eigenvalue weighted by Gasteiger charge is 2.29. The quantitative estimate of drug-likeness (QED) is 0.540. The van der Waals surface area contributed by atoms with E-state index in [4.69, 9.17) is 0 Å². The SMILES string of the molecule is CCC(C)CC(C)C1(C)[CH-]C1. The molecule has 3 unspecified atom stereocenters. The Morgan fingerprint density at radius 1 is 1.45 bits per heavy atom. The van der Waals surface area contributed by atoms with Crippen molar-refractivity contribution >= 4 is 0 Å². The number of hydrogen-bond donors (Lipinski definition) is 0. The first-order valence-electron chi connectivity index (χ1n) is 4.93. The molecule has 0 amide bonds. The molecule has 1 aliphatic carbocycles. The van der Waals surface area contributed by atoms with Crippen LogP contribution in [-0.4, -0.2) is 0 Å². The van der Waals surface area contributed by atoms with Crippen LogP contribution in [0.15, 0.2) is 0 Å². The fraction of sp³-hybridized carbons (Fsp3) is 0.909. The zero-order valence-electron chi connectivity index (χ0n) is 8.35. The molecule has 11 heavy (non-hydrogen) atoms. The number of hydrogen-bond acceptors (Lipinski definition) is 0. The normalized spacial score (nSPS) is 34.9. The highest BCUT2D eigenvalue weighted by atomic mass is 14.5. The van der Waals surface area contributed by atoms with Gasteiger partial charge in [-0.25, -0.2) is 6.42 Å². The molecule has 0 aromatic carbocycles. The molecule has 3 atom stereocenters. The maximum atomic E-state index is 2.46. The molecule has 0 spiro atoms. The molecule has 0 heterocycles. The Labute approximate surface area is 71.4 Å². The van der Waals surface area contributed by atoms with E-state index in [-0.39, 0.29) is 0 Å². The van der Waals surface area contributed by atoms with Crippen LogP contribution < -0.4 is 0 Å². The lowest BCUT2D eigenvalue weighted by molar-refractivity contribution is 0.303. The minimum Gasteiger partial charge on any atom is -0.327 e. The summed E-state index contributed by atoms with van der Waals surface area (Å²) in [4.78, 5) is 0. The van der Waals surface area contributed by atoms with Gasteiger partial charge < -0.3 is 6.42 Å². The molecular formula is C11H21-. The third kappa shape index (κ3) is 2.21. The van der Waals surface area contributed by atoms with E-state index in [2.05, 4.69) is 34.1 Å². The molecule has 0 N–H and O–H groups in total. The van der Waals surface area contributed by atoms with Crippen molar-refractivity contribution in [2.75, 3.05) is 0 Å². The molecule has 0 aromatic heterocycles. The summed E-state index contributed by atoms with van der Waals surface area (Å²) >= 11 is 0. The second kappa shape index (κ2) is 3.16. The van der Waals surface area contributed by atoms with E-state index in [1.54, 1.807) is 0 Å². The second-order valence-corrected chi connectivity index (χ2v) is 4.56. The third-order valence-electron chi connectivity index (χ3n) is 3.43. The van der Waals surface area contributed by atoms with Crippen LogP contribution in [0.25, 0.3) is 0 Å². The highest BCUT2D eigenvalue weighted by molar-refractivity contribution is 5.09. The van der Waals surface area contributed by atoms with Gasteiger partial charge in [-0.3, -0.25) is 0 Å². The average Bonchev–Trinajstić information content (AvgIpc) is 2.69. The van der Waals surface area contributed by atoms with Crippen LogP contribution in [0.2, 0.25) is 0 Å². The third-order valence-corrected chi connectivity index (χ3v) is 3.43. The second-order valence-electron chi connectivity index (χ2n) is 4.56. The summed E-state index contributed by atoms with van der Waals surface area (Å²) in [6.45, 7) is 9.44. The Hall–Kier alpha value is 0. The van der Waals surface area contributed by atoms with Crippen molar-refractivity contribution in [3.8, 4) is 0 Å². The molecule has 1 rings (SSSR count). The minimum absolute atomic E-state index is 0.615. The molecule has 1 aliphatic rings. The van der Waals surface area contributed by atoms with E-state index in [0.29, 0.717) is 5.41 Å².